The third-order valence-corrected chi connectivity index (χ3v) is 11.4. The number of methoxy groups -OCH3 is 1. The molecule has 9 nitrogen and oxygen atoms in total. The maximum atomic E-state index is 15.7. The van der Waals surface area contributed by atoms with Gasteiger partial charge in [0.15, 0.2) is 23.9 Å². The molecule has 2 aromatic carbocycles. The maximum absolute atomic E-state index is 15.7. The third kappa shape index (κ3) is 5.06. The van der Waals surface area contributed by atoms with E-state index in [1.165, 1.54) is 36.6 Å². The quantitative estimate of drug-likeness (QED) is 0.156. The minimum Gasteiger partial charge on any atom is -0.493 e. The Kier molecular flexibility index (Phi) is 7.75. The van der Waals surface area contributed by atoms with Gasteiger partial charge < -0.3 is 19.4 Å². The van der Waals surface area contributed by atoms with E-state index in [4.69, 9.17) is 14.1 Å². The van der Waals surface area contributed by atoms with Crippen molar-refractivity contribution in [2.45, 2.75) is 57.0 Å². The number of ether oxygens (including phenoxy) is 1. The SMILES string of the molecule is COc1c(F)ccc2c1[C@@H](F)[C@@H](F)[C@@H]2Nc1nccc2cc(-c3c4c(nc(CCc5ccc(F)cc5)c3-c3nnc(C)o3)C3CCCN3C4=O)sc12. The minimum absolute atomic E-state index is 0.130. The summed E-state index contributed by atoms with van der Waals surface area (Å²) in [5.74, 6) is -0.701. The Bertz CT molecular complexity index is 2400. The van der Waals surface area contributed by atoms with Crippen molar-refractivity contribution in [3.8, 4) is 27.6 Å². The lowest BCUT2D eigenvalue weighted by Gasteiger charge is -2.18. The van der Waals surface area contributed by atoms with Gasteiger partial charge in [-0.25, -0.2) is 22.5 Å². The number of pyridine rings is 2. The van der Waals surface area contributed by atoms with E-state index in [0.29, 0.717) is 68.8 Å². The predicted octanol–water partition coefficient (Wildman–Crippen LogP) is 8.59. The average molecular weight is 727 g/mol. The summed E-state index contributed by atoms with van der Waals surface area (Å²) in [6, 6.07) is 11.2. The van der Waals surface area contributed by atoms with Crippen LogP contribution in [0.2, 0.25) is 0 Å². The summed E-state index contributed by atoms with van der Waals surface area (Å²) in [4.78, 5) is 26.4. The molecule has 52 heavy (non-hydrogen) atoms. The first kappa shape index (κ1) is 32.5. The summed E-state index contributed by atoms with van der Waals surface area (Å²) >= 11 is 1.33. The zero-order chi connectivity index (χ0) is 35.8. The summed E-state index contributed by atoms with van der Waals surface area (Å²) in [5, 5.41) is 12.3. The van der Waals surface area contributed by atoms with Gasteiger partial charge in [0.05, 0.1) is 46.4 Å². The van der Waals surface area contributed by atoms with Gasteiger partial charge in [-0.05, 0) is 72.5 Å². The van der Waals surface area contributed by atoms with E-state index in [1.54, 1.807) is 31.3 Å². The molecule has 4 aromatic heterocycles. The number of aromatic nitrogens is 4. The van der Waals surface area contributed by atoms with Gasteiger partial charge in [0, 0.05) is 35.7 Å². The first-order valence-corrected chi connectivity index (χ1v) is 17.8. The number of benzene rings is 2. The molecule has 0 saturated carbocycles. The van der Waals surface area contributed by atoms with Crippen molar-refractivity contribution >= 4 is 33.1 Å². The first-order chi connectivity index (χ1) is 25.2. The molecule has 6 heterocycles. The van der Waals surface area contributed by atoms with Crippen LogP contribution in [0.3, 0.4) is 0 Å². The second-order valence-electron chi connectivity index (χ2n) is 13.2. The number of nitrogens with zero attached hydrogens (tertiary/aromatic N) is 5. The molecule has 0 radical (unpaired) electrons. The Morgan fingerprint density at radius 1 is 1.04 bits per heavy atom. The Morgan fingerprint density at radius 3 is 2.63 bits per heavy atom. The second kappa shape index (κ2) is 12.4. The summed E-state index contributed by atoms with van der Waals surface area (Å²) in [7, 11) is 1.22. The summed E-state index contributed by atoms with van der Waals surface area (Å²) < 4.78 is 71.0. The number of rotatable bonds is 8. The highest BCUT2D eigenvalue weighted by molar-refractivity contribution is 7.23. The molecule has 14 heteroatoms. The normalized spacial score (nSPS) is 20.4. The number of carbonyl (C=O) groups is 1. The fraction of sp³-hybridized carbons (Fsp3) is 0.289. The molecule has 1 unspecified atom stereocenters. The van der Waals surface area contributed by atoms with Gasteiger partial charge in [-0.2, -0.15) is 0 Å². The van der Waals surface area contributed by atoms with Gasteiger partial charge in [0.1, 0.15) is 11.6 Å². The molecule has 264 valence electrons. The fourth-order valence-corrected chi connectivity index (χ4v) is 9.03. The molecule has 1 amide bonds. The molecular formula is C38H30F4N6O3S. The molecule has 1 N–H and O–H groups in total. The number of fused-ring (bicyclic) bond motifs is 5. The van der Waals surface area contributed by atoms with Gasteiger partial charge in [-0.1, -0.05) is 18.2 Å². The van der Waals surface area contributed by atoms with Gasteiger partial charge in [0.2, 0.25) is 11.8 Å². The number of amides is 1. The van der Waals surface area contributed by atoms with Crippen LogP contribution in [0.5, 0.6) is 5.75 Å². The molecule has 1 saturated heterocycles. The predicted molar refractivity (Wildman–Crippen MR) is 186 cm³/mol. The van der Waals surface area contributed by atoms with Crippen LogP contribution in [0.15, 0.2) is 59.1 Å². The van der Waals surface area contributed by atoms with Crippen LogP contribution in [0.1, 0.15) is 75.4 Å². The summed E-state index contributed by atoms with van der Waals surface area (Å²) in [6.07, 6.45) is 0.0502. The van der Waals surface area contributed by atoms with E-state index in [-0.39, 0.29) is 40.5 Å². The third-order valence-electron chi connectivity index (χ3n) is 10.2. The fourth-order valence-electron chi connectivity index (χ4n) is 7.87. The second-order valence-corrected chi connectivity index (χ2v) is 14.3. The van der Waals surface area contributed by atoms with Crippen molar-refractivity contribution in [1.29, 1.82) is 0 Å². The van der Waals surface area contributed by atoms with Crippen LogP contribution in [0.4, 0.5) is 23.4 Å². The topological polar surface area (TPSA) is 106 Å². The average Bonchev–Trinajstić information content (AvgIpc) is 3.97. The Labute approximate surface area is 298 Å². The summed E-state index contributed by atoms with van der Waals surface area (Å²) in [6.45, 7) is 2.30. The van der Waals surface area contributed by atoms with Crippen LogP contribution in [-0.4, -0.2) is 50.8 Å². The number of thiophene rings is 1. The van der Waals surface area contributed by atoms with Gasteiger partial charge in [-0.3, -0.25) is 9.78 Å². The number of hydrogen-bond donors (Lipinski definition) is 1. The van der Waals surface area contributed by atoms with E-state index in [2.05, 4.69) is 20.5 Å². The van der Waals surface area contributed by atoms with Crippen LogP contribution in [-0.2, 0) is 12.8 Å². The van der Waals surface area contributed by atoms with E-state index >= 15 is 8.78 Å². The highest BCUT2D eigenvalue weighted by atomic mass is 32.1. The molecule has 2 aliphatic heterocycles. The van der Waals surface area contributed by atoms with E-state index < -0.39 is 24.2 Å². The summed E-state index contributed by atoms with van der Waals surface area (Å²) in [5.41, 5.74) is 3.96. The van der Waals surface area contributed by atoms with Crippen molar-refractivity contribution < 1.29 is 31.5 Å². The number of aryl methyl sites for hydroxylation is 3. The van der Waals surface area contributed by atoms with E-state index in [1.807, 2.05) is 11.0 Å². The van der Waals surface area contributed by atoms with Gasteiger partial charge >= 0.3 is 0 Å². The van der Waals surface area contributed by atoms with Crippen molar-refractivity contribution in [2.75, 3.05) is 19.0 Å². The highest BCUT2D eigenvalue weighted by Crippen LogP contribution is 2.52. The molecule has 9 rings (SSSR count). The smallest absolute Gasteiger partial charge is 0.257 e. The van der Waals surface area contributed by atoms with E-state index in [9.17, 15) is 13.6 Å². The first-order valence-electron chi connectivity index (χ1n) is 16.9. The standard InChI is InChI=1S/C38H30F4N6O3S/c1-17-46-47-37(51-17)27-23(12-7-18-5-8-20(39)9-6-18)44-33-24-4-3-15-48(24)38(49)29(33)28(27)25-16-19-13-14-43-36(35(19)52-25)45-32-21-10-11-22(40)34(50-2)26(21)30(41)31(32)42/h5-6,8-11,13-14,16,24,30-32H,3-4,7,12,15H2,1-2H3,(H,43,45)/t24?,30-,31-,32-/m1/s1. The molecule has 1 aliphatic carbocycles. The van der Waals surface area contributed by atoms with Gasteiger partial charge in [-0.15, -0.1) is 21.5 Å². The zero-order valence-electron chi connectivity index (χ0n) is 27.9. The number of carbonyl (C=O) groups excluding carboxylic acids is 1. The lowest BCUT2D eigenvalue weighted by Crippen LogP contribution is -2.22. The lowest BCUT2D eigenvalue weighted by molar-refractivity contribution is 0.0776. The Balaban J connectivity index is 1.20. The van der Waals surface area contributed by atoms with Gasteiger partial charge in [0.25, 0.3) is 5.91 Å². The minimum atomic E-state index is -2.11. The number of hydrogen-bond acceptors (Lipinski definition) is 9. The number of nitrogens with one attached hydrogen (secondary N) is 1. The van der Waals surface area contributed by atoms with Crippen molar-refractivity contribution in [3.63, 3.8) is 0 Å². The number of anilines is 1. The largest absolute Gasteiger partial charge is 0.493 e. The molecule has 0 bridgehead atoms. The molecular weight excluding hydrogens is 697 g/mol. The van der Waals surface area contributed by atoms with Crippen molar-refractivity contribution in [3.05, 3.63) is 106 Å². The van der Waals surface area contributed by atoms with Crippen LogP contribution >= 0.6 is 11.3 Å². The monoisotopic (exact) mass is 726 g/mol. The molecule has 3 aliphatic rings. The molecule has 1 fully saturated rings. The lowest BCUT2D eigenvalue weighted by atomic mass is 9.93. The Hall–Kier alpha value is -5.37. The van der Waals surface area contributed by atoms with Crippen molar-refractivity contribution in [1.82, 2.24) is 25.1 Å². The Morgan fingerprint density at radius 2 is 1.87 bits per heavy atom. The van der Waals surface area contributed by atoms with Crippen LogP contribution in [0, 0.1) is 18.6 Å². The number of halogens is 4. The van der Waals surface area contributed by atoms with Crippen LogP contribution < -0.4 is 10.1 Å². The van der Waals surface area contributed by atoms with Crippen molar-refractivity contribution in [2.24, 2.45) is 0 Å². The molecule has 4 atom stereocenters. The zero-order valence-corrected chi connectivity index (χ0v) is 28.7. The maximum Gasteiger partial charge on any atom is 0.257 e. The highest BCUT2D eigenvalue weighted by Gasteiger charge is 2.46. The number of alkyl halides is 2. The molecule has 6 aromatic rings. The van der Waals surface area contributed by atoms with Crippen LogP contribution in [0.25, 0.3) is 32.0 Å². The van der Waals surface area contributed by atoms with E-state index in [0.717, 1.165) is 29.9 Å². The molecule has 0 spiro atoms.